The Kier molecular flexibility index (Phi) is 5.64. The molecule has 1 N–H and O–H groups in total. The number of benzene rings is 2. The summed E-state index contributed by atoms with van der Waals surface area (Å²) in [5, 5.41) is 12.2. The summed E-state index contributed by atoms with van der Waals surface area (Å²) in [6.45, 7) is 0. The van der Waals surface area contributed by atoms with Gasteiger partial charge >= 0.3 is 0 Å². The Morgan fingerprint density at radius 2 is 1.59 bits per heavy atom. The van der Waals surface area contributed by atoms with Gasteiger partial charge < -0.3 is 4.57 Å². The van der Waals surface area contributed by atoms with Crippen molar-refractivity contribution < 1.29 is 4.79 Å². The van der Waals surface area contributed by atoms with E-state index in [2.05, 4.69) is 20.8 Å². The van der Waals surface area contributed by atoms with E-state index in [0.717, 1.165) is 11.3 Å². The highest BCUT2D eigenvalue weighted by Crippen LogP contribution is 2.17. The van der Waals surface area contributed by atoms with Crippen LogP contribution in [0.4, 0.5) is 11.4 Å². The largest absolute Gasteiger partial charge is 0.318 e. The van der Waals surface area contributed by atoms with Crippen LogP contribution in [0.15, 0.2) is 93.1 Å². The van der Waals surface area contributed by atoms with Crippen LogP contribution in [0.1, 0.15) is 15.9 Å². The summed E-state index contributed by atoms with van der Waals surface area (Å²) < 4.78 is 1.33. The molecule has 1 aromatic heterocycles. The third-order valence-electron chi connectivity index (χ3n) is 3.66. The van der Waals surface area contributed by atoms with Crippen molar-refractivity contribution in [3.05, 3.63) is 94.4 Å². The van der Waals surface area contributed by atoms with E-state index in [4.69, 9.17) is 0 Å². The second kappa shape index (κ2) is 8.48. The zero-order valence-corrected chi connectivity index (χ0v) is 14.6. The molecule has 0 saturated carbocycles. The van der Waals surface area contributed by atoms with E-state index in [1.807, 2.05) is 54.6 Å². The Hall–Kier alpha value is -3.87. The van der Waals surface area contributed by atoms with Crippen LogP contribution < -0.4 is 11.0 Å². The van der Waals surface area contributed by atoms with E-state index < -0.39 is 5.91 Å². The van der Waals surface area contributed by atoms with Crippen molar-refractivity contribution in [3.8, 4) is 0 Å². The van der Waals surface area contributed by atoms with E-state index in [1.165, 1.54) is 29.1 Å². The number of amides is 1. The molecule has 0 radical (unpaired) electrons. The van der Waals surface area contributed by atoms with Gasteiger partial charge in [-0.05, 0) is 35.9 Å². The fourth-order valence-electron chi connectivity index (χ4n) is 2.20. The summed E-state index contributed by atoms with van der Waals surface area (Å²) in [5.41, 5.74) is 4.90. The summed E-state index contributed by atoms with van der Waals surface area (Å²) >= 11 is 0. The minimum atomic E-state index is -0.393. The molecule has 0 fully saturated rings. The van der Waals surface area contributed by atoms with Crippen LogP contribution in [0.2, 0.25) is 0 Å². The summed E-state index contributed by atoms with van der Waals surface area (Å²) in [6.07, 6.45) is 2.98. The molecule has 0 aliphatic rings. The molecular weight excluding hydrogens is 342 g/mol. The van der Waals surface area contributed by atoms with Gasteiger partial charge in [0.2, 0.25) is 5.56 Å². The first-order valence-corrected chi connectivity index (χ1v) is 8.19. The van der Waals surface area contributed by atoms with Crippen molar-refractivity contribution >= 4 is 23.5 Å². The molecule has 134 valence electrons. The minimum Gasteiger partial charge on any atom is -0.318 e. The molecule has 0 spiro atoms. The average Bonchev–Trinajstić information content (AvgIpc) is 2.70. The number of azo groups is 1. The normalized spacial score (nSPS) is 11.1. The molecule has 0 aliphatic carbocycles. The first-order valence-electron chi connectivity index (χ1n) is 8.19. The van der Waals surface area contributed by atoms with Gasteiger partial charge in [-0.2, -0.15) is 15.3 Å². The Morgan fingerprint density at radius 1 is 0.926 bits per heavy atom. The summed E-state index contributed by atoms with van der Waals surface area (Å²) in [4.78, 5) is 23.3. The summed E-state index contributed by atoms with van der Waals surface area (Å²) in [7, 11) is 1.58. The zero-order chi connectivity index (χ0) is 19.1. The van der Waals surface area contributed by atoms with Crippen molar-refractivity contribution in [1.82, 2.24) is 9.99 Å². The maximum absolute atomic E-state index is 12.0. The van der Waals surface area contributed by atoms with Gasteiger partial charge in [-0.3, -0.25) is 9.59 Å². The van der Waals surface area contributed by atoms with Gasteiger partial charge in [0.05, 0.1) is 23.2 Å². The monoisotopic (exact) mass is 359 g/mol. The fraction of sp³-hybridized carbons (Fsp3) is 0.0500. The lowest BCUT2D eigenvalue weighted by Gasteiger charge is -2.02. The van der Waals surface area contributed by atoms with E-state index >= 15 is 0 Å². The van der Waals surface area contributed by atoms with Crippen LogP contribution in [0.25, 0.3) is 0 Å². The minimum absolute atomic E-state index is 0.181. The maximum atomic E-state index is 12.0. The number of hydrogen-bond acceptors (Lipinski definition) is 5. The number of aryl methyl sites for hydroxylation is 1. The van der Waals surface area contributed by atoms with Gasteiger partial charge in [0.25, 0.3) is 5.91 Å². The smallest absolute Gasteiger partial charge is 0.272 e. The van der Waals surface area contributed by atoms with Gasteiger partial charge in [-0.25, -0.2) is 5.43 Å². The van der Waals surface area contributed by atoms with Gasteiger partial charge in [-0.15, -0.1) is 0 Å². The lowest BCUT2D eigenvalue weighted by atomic mass is 10.2. The Balaban J connectivity index is 1.59. The molecule has 1 heterocycles. The second-order valence-electron chi connectivity index (χ2n) is 5.69. The number of aromatic nitrogens is 1. The van der Waals surface area contributed by atoms with Crippen molar-refractivity contribution in [2.45, 2.75) is 0 Å². The molecule has 3 aromatic rings. The van der Waals surface area contributed by atoms with Gasteiger partial charge in [0.1, 0.15) is 0 Å². The Morgan fingerprint density at radius 3 is 2.26 bits per heavy atom. The highest BCUT2D eigenvalue weighted by Gasteiger charge is 2.04. The topological polar surface area (TPSA) is 88.2 Å². The zero-order valence-electron chi connectivity index (χ0n) is 14.6. The molecule has 0 unspecified atom stereocenters. The number of nitrogens with one attached hydrogen (secondary N) is 1. The molecule has 27 heavy (non-hydrogen) atoms. The van der Waals surface area contributed by atoms with Crippen molar-refractivity contribution in [3.63, 3.8) is 0 Å². The number of carbonyl (C=O) groups is 1. The maximum Gasteiger partial charge on any atom is 0.272 e. The molecule has 0 bridgehead atoms. The quantitative estimate of drug-likeness (QED) is 0.429. The lowest BCUT2D eigenvalue weighted by Crippen LogP contribution is -2.22. The van der Waals surface area contributed by atoms with E-state index in [1.54, 1.807) is 7.05 Å². The molecule has 0 saturated heterocycles. The Bertz CT molecular complexity index is 1040. The highest BCUT2D eigenvalue weighted by atomic mass is 16.2. The average molecular weight is 359 g/mol. The molecule has 0 atom stereocenters. The van der Waals surface area contributed by atoms with Crippen molar-refractivity contribution in [1.29, 1.82) is 0 Å². The second-order valence-corrected chi connectivity index (χ2v) is 5.69. The van der Waals surface area contributed by atoms with Gasteiger partial charge in [-0.1, -0.05) is 30.3 Å². The van der Waals surface area contributed by atoms with Crippen molar-refractivity contribution in [2.75, 3.05) is 0 Å². The van der Waals surface area contributed by atoms with Crippen LogP contribution in [-0.4, -0.2) is 16.7 Å². The first kappa shape index (κ1) is 17.9. The van der Waals surface area contributed by atoms with Gasteiger partial charge in [0.15, 0.2) is 0 Å². The van der Waals surface area contributed by atoms with E-state index in [-0.39, 0.29) is 5.56 Å². The molecule has 1 amide bonds. The number of hydrazone groups is 1. The molecule has 3 rings (SSSR count). The third kappa shape index (κ3) is 5.05. The van der Waals surface area contributed by atoms with Gasteiger partial charge in [0, 0.05) is 19.3 Å². The van der Waals surface area contributed by atoms with E-state index in [0.29, 0.717) is 11.3 Å². The molecule has 2 aromatic carbocycles. The predicted molar refractivity (Wildman–Crippen MR) is 104 cm³/mol. The number of hydrogen-bond donors (Lipinski definition) is 1. The van der Waals surface area contributed by atoms with Crippen LogP contribution in [0.5, 0.6) is 0 Å². The van der Waals surface area contributed by atoms with Crippen LogP contribution >= 0.6 is 0 Å². The van der Waals surface area contributed by atoms with Crippen molar-refractivity contribution in [2.24, 2.45) is 22.4 Å². The number of rotatable bonds is 5. The highest BCUT2D eigenvalue weighted by molar-refractivity contribution is 5.94. The van der Waals surface area contributed by atoms with E-state index in [9.17, 15) is 9.59 Å². The lowest BCUT2D eigenvalue weighted by molar-refractivity contribution is 0.0954. The molecular formula is C20H17N5O2. The Labute approximate surface area is 155 Å². The van der Waals surface area contributed by atoms with Crippen LogP contribution in [0.3, 0.4) is 0 Å². The predicted octanol–water partition coefficient (Wildman–Crippen LogP) is 3.56. The standard InChI is InChI=1S/C20H17N5O2/c1-25-14-16(9-12-19(25)26)20(27)24-21-13-15-7-10-18(11-8-15)23-22-17-5-3-2-4-6-17/h2-14H,1H3,(H,24,27)/b21-13+,23-22?. The molecule has 7 heteroatoms. The number of carbonyl (C=O) groups excluding carboxylic acids is 1. The van der Waals surface area contributed by atoms with Crippen LogP contribution in [0, 0.1) is 0 Å². The molecule has 0 aliphatic heterocycles. The SMILES string of the molecule is Cn1cc(C(=O)N/N=C/c2ccc(N=Nc3ccccc3)cc2)ccc1=O. The summed E-state index contributed by atoms with van der Waals surface area (Å²) in [6, 6.07) is 19.5. The third-order valence-corrected chi connectivity index (χ3v) is 3.66. The van der Waals surface area contributed by atoms with Crippen LogP contribution in [-0.2, 0) is 7.05 Å². The summed E-state index contributed by atoms with van der Waals surface area (Å²) in [5.74, 6) is -0.393. The first-order chi connectivity index (χ1) is 13.1. The molecule has 7 nitrogen and oxygen atoms in total. The number of pyridine rings is 1. The fourth-order valence-corrected chi connectivity index (χ4v) is 2.20. The number of nitrogens with zero attached hydrogens (tertiary/aromatic N) is 4.